The highest BCUT2D eigenvalue weighted by molar-refractivity contribution is 5.72. The molecule has 22 heavy (non-hydrogen) atoms. The molecule has 1 saturated carbocycles. The molecule has 120 valence electrons. The van der Waals surface area contributed by atoms with Crippen LogP contribution in [0.25, 0.3) is 0 Å². The minimum Gasteiger partial charge on any atom is -0.490 e. The maximum absolute atomic E-state index is 10.9. The molecule has 1 aliphatic heterocycles. The third kappa shape index (κ3) is 3.97. The van der Waals surface area contributed by atoms with E-state index in [-0.39, 0.29) is 5.91 Å². The Morgan fingerprint density at radius 2 is 2.27 bits per heavy atom. The van der Waals surface area contributed by atoms with Gasteiger partial charge in [0.15, 0.2) is 0 Å². The van der Waals surface area contributed by atoms with E-state index in [0.717, 1.165) is 37.8 Å². The molecule has 1 aliphatic carbocycles. The molecule has 2 fully saturated rings. The van der Waals surface area contributed by atoms with Crippen molar-refractivity contribution in [2.45, 2.75) is 44.6 Å². The third-order valence-corrected chi connectivity index (χ3v) is 4.74. The van der Waals surface area contributed by atoms with Gasteiger partial charge in [-0.25, -0.2) is 0 Å². The van der Waals surface area contributed by atoms with Crippen molar-refractivity contribution in [2.75, 3.05) is 19.7 Å². The van der Waals surface area contributed by atoms with Gasteiger partial charge in [-0.1, -0.05) is 0 Å². The van der Waals surface area contributed by atoms with E-state index in [2.05, 4.69) is 21.7 Å². The topological polar surface area (TPSA) is 63.2 Å². The van der Waals surface area contributed by atoms with Crippen molar-refractivity contribution in [3.8, 4) is 5.75 Å². The zero-order valence-corrected chi connectivity index (χ0v) is 13.2. The predicted octanol–water partition coefficient (Wildman–Crippen LogP) is 1.84. The average molecular weight is 303 g/mol. The SMILES string of the molecule is CC(=O)NCCC1CC(c2cncc(OCC3CCN3)c2)C1. The first-order chi connectivity index (χ1) is 10.7. The summed E-state index contributed by atoms with van der Waals surface area (Å²) in [7, 11) is 0. The normalized spacial score (nSPS) is 26.7. The molecular weight excluding hydrogens is 278 g/mol. The Labute approximate surface area is 131 Å². The van der Waals surface area contributed by atoms with Crippen LogP contribution in [0.3, 0.4) is 0 Å². The van der Waals surface area contributed by atoms with Crippen LogP contribution in [0.2, 0.25) is 0 Å². The molecule has 1 amide bonds. The van der Waals surface area contributed by atoms with E-state index >= 15 is 0 Å². The molecule has 0 aromatic carbocycles. The predicted molar refractivity (Wildman–Crippen MR) is 84.9 cm³/mol. The molecule has 5 nitrogen and oxygen atoms in total. The van der Waals surface area contributed by atoms with Gasteiger partial charge >= 0.3 is 0 Å². The number of carbonyl (C=O) groups excluding carboxylic acids is 1. The Morgan fingerprint density at radius 3 is 2.95 bits per heavy atom. The van der Waals surface area contributed by atoms with Gasteiger partial charge in [0.1, 0.15) is 12.4 Å². The van der Waals surface area contributed by atoms with Gasteiger partial charge in [0.25, 0.3) is 0 Å². The summed E-state index contributed by atoms with van der Waals surface area (Å²) < 4.78 is 5.81. The van der Waals surface area contributed by atoms with Crippen LogP contribution in [0, 0.1) is 5.92 Å². The maximum atomic E-state index is 10.9. The van der Waals surface area contributed by atoms with Crippen molar-refractivity contribution in [1.29, 1.82) is 0 Å². The van der Waals surface area contributed by atoms with Crippen LogP contribution in [0.5, 0.6) is 5.75 Å². The number of rotatable bonds is 7. The summed E-state index contributed by atoms with van der Waals surface area (Å²) >= 11 is 0. The molecule has 1 unspecified atom stereocenters. The second-order valence-electron chi connectivity index (χ2n) is 6.51. The van der Waals surface area contributed by atoms with Crippen molar-refractivity contribution in [3.63, 3.8) is 0 Å². The second kappa shape index (κ2) is 7.09. The molecule has 0 radical (unpaired) electrons. The Kier molecular flexibility index (Phi) is 4.93. The number of nitrogens with one attached hydrogen (secondary N) is 2. The summed E-state index contributed by atoms with van der Waals surface area (Å²) in [5, 5.41) is 6.20. The monoisotopic (exact) mass is 303 g/mol. The van der Waals surface area contributed by atoms with E-state index in [9.17, 15) is 4.79 Å². The minimum atomic E-state index is 0.0610. The molecule has 2 aliphatic rings. The van der Waals surface area contributed by atoms with Crippen LogP contribution < -0.4 is 15.4 Å². The lowest BCUT2D eigenvalue weighted by Crippen LogP contribution is -2.46. The van der Waals surface area contributed by atoms with E-state index < -0.39 is 0 Å². The molecule has 5 heteroatoms. The molecule has 0 bridgehead atoms. The van der Waals surface area contributed by atoms with Gasteiger partial charge < -0.3 is 15.4 Å². The van der Waals surface area contributed by atoms with Crippen molar-refractivity contribution in [2.24, 2.45) is 5.92 Å². The molecule has 1 aromatic heterocycles. The van der Waals surface area contributed by atoms with Crippen molar-refractivity contribution in [3.05, 3.63) is 24.0 Å². The number of pyridine rings is 1. The molecule has 2 heterocycles. The van der Waals surface area contributed by atoms with Gasteiger partial charge in [0.2, 0.25) is 5.91 Å². The highest BCUT2D eigenvalue weighted by Crippen LogP contribution is 2.43. The number of ether oxygens (including phenoxy) is 1. The first-order valence-electron chi connectivity index (χ1n) is 8.26. The summed E-state index contributed by atoms with van der Waals surface area (Å²) in [5.41, 5.74) is 1.29. The summed E-state index contributed by atoms with van der Waals surface area (Å²) in [4.78, 5) is 15.2. The average Bonchev–Trinajstić information content (AvgIpc) is 2.39. The van der Waals surface area contributed by atoms with Crippen LogP contribution in [0.1, 0.15) is 44.1 Å². The third-order valence-electron chi connectivity index (χ3n) is 4.74. The Morgan fingerprint density at radius 1 is 1.45 bits per heavy atom. The van der Waals surface area contributed by atoms with Gasteiger partial charge in [-0.3, -0.25) is 9.78 Å². The van der Waals surface area contributed by atoms with Crippen LogP contribution in [0.15, 0.2) is 18.5 Å². The van der Waals surface area contributed by atoms with Gasteiger partial charge in [-0.2, -0.15) is 0 Å². The van der Waals surface area contributed by atoms with E-state index in [1.807, 2.05) is 6.20 Å². The lowest BCUT2D eigenvalue weighted by molar-refractivity contribution is -0.119. The number of aromatic nitrogens is 1. The number of amides is 1. The van der Waals surface area contributed by atoms with E-state index in [0.29, 0.717) is 12.0 Å². The highest BCUT2D eigenvalue weighted by atomic mass is 16.5. The maximum Gasteiger partial charge on any atom is 0.216 e. The van der Waals surface area contributed by atoms with Crippen LogP contribution in [-0.2, 0) is 4.79 Å². The molecular formula is C17H25N3O2. The fraction of sp³-hybridized carbons (Fsp3) is 0.647. The zero-order chi connectivity index (χ0) is 15.4. The van der Waals surface area contributed by atoms with Gasteiger partial charge in [-0.15, -0.1) is 0 Å². The molecule has 1 saturated heterocycles. The van der Waals surface area contributed by atoms with Gasteiger partial charge in [0, 0.05) is 25.7 Å². The first-order valence-corrected chi connectivity index (χ1v) is 8.26. The zero-order valence-electron chi connectivity index (χ0n) is 13.2. The largest absolute Gasteiger partial charge is 0.490 e. The standard InChI is InChI=1S/C17H25N3O2/c1-12(21)19-4-2-13-6-14(7-13)15-8-17(10-18-9-15)22-11-16-3-5-20-16/h8-10,13-14,16,20H,2-7,11H2,1H3,(H,19,21). The Bertz CT molecular complexity index is 510. The fourth-order valence-corrected chi connectivity index (χ4v) is 3.12. The Hall–Kier alpha value is -1.62. The summed E-state index contributed by atoms with van der Waals surface area (Å²) in [6.45, 7) is 4.20. The number of nitrogens with zero attached hydrogens (tertiary/aromatic N) is 1. The van der Waals surface area contributed by atoms with Crippen molar-refractivity contribution in [1.82, 2.24) is 15.6 Å². The summed E-state index contributed by atoms with van der Waals surface area (Å²) in [6.07, 6.45) is 8.42. The van der Waals surface area contributed by atoms with Crippen LogP contribution in [0.4, 0.5) is 0 Å². The van der Waals surface area contributed by atoms with Gasteiger partial charge in [0.05, 0.1) is 6.20 Å². The fourth-order valence-electron chi connectivity index (χ4n) is 3.12. The quantitative estimate of drug-likeness (QED) is 0.807. The lowest BCUT2D eigenvalue weighted by atomic mass is 9.70. The van der Waals surface area contributed by atoms with Crippen LogP contribution >= 0.6 is 0 Å². The molecule has 2 N–H and O–H groups in total. The number of hydrogen-bond acceptors (Lipinski definition) is 4. The lowest BCUT2D eigenvalue weighted by Gasteiger charge is -2.35. The molecule has 1 atom stereocenters. The van der Waals surface area contributed by atoms with Crippen LogP contribution in [-0.4, -0.2) is 36.6 Å². The summed E-state index contributed by atoms with van der Waals surface area (Å²) in [5.74, 6) is 2.26. The van der Waals surface area contributed by atoms with E-state index in [1.54, 1.807) is 13.1 Å². The van der Waals surface area contributed by atoms with E-state index in [4.69, 9.17) is 4.74 Å². The second-order valence-corrected chi connectivity index (χ2v) is 6.51. The molecule has 0 spiro atoms. The molecule has 1 aromatic rings. The molecule has 3 rings (SSSR count). The highest BCUT2D eigenvalue weighted by Gasteiger charge is 2.30. The smallest absolute Gasteiger partial charge is 0.216 e. The van der Waals surface area contributed by atoms with Crippen molar-refractivity contribution >= 4 is 5.91 Å². The first kappa shape index (κ1) is 15.3. The van der Waals surface area contributed by atoms with Gasteiger partial charge in [-0.05, 0) is 55.7 Å². The number of carbonyl (C=O) groups is 1. The van der Waals surface area contributed by atoms with Crippen molar-refractivity contribution < 1.29 is 9.53 Å². The summed E-state index contributed by atoms with van der Waals surface area (Å²) in [6, 6.07) is 2.64. The number of hydrogen-bond donors (Lipinski definition) is 2. The van der Waals surface area contributed by atoms with E-state index in [1.165, 1.54) is 24.8 Å². The minimum absolute atomic E-state index is 0.0610. The Balaban J connectivity index is 1.42.